The topological polar surface area (TPSA) is 115 Å². The summed E-state index contributed by atoms with van der Waals surface area (Å²) in [6.45, 7) is 0.280. The number of halogens is 2. The molecule has 7 nitrogen and oxygen atoms in total. The van der Waals surface area contributed by atoms with Crippen molar-refractivity contribution in [3.63, 3.8) is 0 Å². The van der Waals surface area contributed by atoms with Gasteiger partial charge in [-0.05, 0) is 71.7 Å². The zero-order valence-corrected chi connectivity index (χ0v) is 23.7. The predicted molar refractivity (Wildman–Crippen MR) is 155 cm³/mol. The minimum Gasteiger partial charge on any atom is -0.489 e. The predicted octanol–water partition coefficient (Wildman–Crippen LogP) is 6.49. The fourth-order valence-electron chi connectivity index (χ4n) is 5.34. The number of nitrogens with one attached hydrogen (secondary N) is 1. The Morgan fingerprint density at radius 3 is 2.68 bits per heavy atom. The number of rotatable bonds is 10. The van der Waals surface area contributed by atoms with Gasteiger partial charge >= 0.3 is 7.60 Å². The Bertz CT molecular complexity index is 1670. The first-order valence-corrected chi connectivity index (χ1v) is 15.3. The molecular weight excluding hydrogens is 564 g/mol. The van der Waals surface area contributed by atoms with Crippen LogP contribution in [0.15, 0.2) is 73.1 Å². The van der Waals surface area contributed by atoms with Gasteiger partial charge < -0.3 is 19.8 Å². The van der Waals surface area contributed by atoms with Crippen LogP contribution in [0.1, 0.15) is 45.7 Å². The molecule has 0 fully saturated rings. The lowest BCUT2D eigenvalue weighted by molar-refractivity contribution is 0.301. The van der Waals surface area contributed by atoms with Crippen molar-refractivity contribution in [2.45, 2.75) is 38.3 Å². The molecule has 0 unspecified atom stereocenters. The molecule has 0 spiro atoms. The van der Waals surface area contributed by atoms with Gasteiger partial charge in [-0.25, -0.2) is 4.39 Å². The summed E-state index contributed by atoms with van der Waals surface area (Å²) in [4.78, 5) is 22.6. The van der Waals surface area contributed by atoms with Crippen LogP contribution in [0.25, 0.3) is 11.1 Å². The van der Waals surface area contributed by atoms with E-state index in [4.69, 9.17) is 16.3 Å². The third-order valence-electron chi connectivity index (χ3n) is 7.21. The molecule has 3 aromatic carbocycles. The van der Waals surface area contributed by atoms with E-state index in [1.54, 1.807) is 30.5 Å². The molecule has 0 bridgehead atoms. The lowest BCUT2D eigenvalue weighted by atomic mass is 9.90. The van der Waals surface area contributed by atoms with Crippen LogP contribution in [-0.4, -0.2) is 21.1 Å². The molecule has 5 rings (SSSR count). The number of benzene rings is 3. The molecule has 41 heavy (non-hydrogen) atoms. The molecule has 210 valence electrons. The zero-order valence-electron chi connectivity index (χ0n) is 22.1. The van der Waals surface area contributed by atoms with Crippen molar-refractivity contribution in [2.75, 3.05) is 6.29 Å². The molecular formula is C31H28ClFN3O4P. The quantitative estimate of drug-likeness (QED) is 0.181. The van der Waals surface area contributed by atoms with E-state index in [2.05, 4.69) is 22.4 Å². The summed E-state index contributed by atoms with van der Waals surface area (Å²) in [7, 11) is -4.24. The number of ether oxygens (including phenoxy) is 1. The van der Waals surface area contributed by atoms with Crippen LogP contribution in [0.5, 0.6) is 5.75 Å². The minimum absolute atomic E-state index is 0.134. The number of fused-ring (bicyclic) bond motifs is 1. The second-order valence-electron chi connectivity index (χ2n) is 10.1. The number of nitriles is 1. The van der Waals surface area contributed by atoms with Gasteiger partial charge in [0.25, 0.3) is 0 Å². The average Bonchev–Trinajstić information content (AvgIpc) is 3.36. The van der Waals surface area contributed by atoms with E-state index in [1.807, 2.05) is 24.3 Å². The number of pyridine rings is 1. The van der Waals surface area contributed by atoms with Gasteiger partial charge in [0, 0.05) is 40.7 Å². The fourth-order valence-corrected chi connectivity index (χ4v) is 6.01. The summed E-state index contributed by atoms with van der Waals surface area (Å²) < 4.78 is 32.1. The third kappa shape index (κ3) is 7.02. The van der Waals surface area contributed by atoms with Gasteiger partial charge in [0.1, 0.15) is 24.2 Å². The monoisotopic (exact) mass is 591 g/mol. The molecule has 1 aliphatic rings. The molecule has 1 aromatic heterocycles. The van der Waals surface area contributed by atoms with E-state index >= 15 is 0 Å². The number of hydrogen-bond acceptors (Lipinski definition) is 5. The Balaban J connectivity index is 1.42. The van der Waals surface area contributed by atoms with Crippen LogP contribution in [0.4, 0.5) is 4.39 Å². The maximum Gasteiger partial charge on any atom is 0.339 e. The molecule has 0 radical (unpaired) electrons. The highest BCUT2D eigenvalue weighted by atomic mass is 35.5. The number of hydrogen-bond donors (Lipinski definition) is 3. The highest BCUT2D eigenvalue weighted by Crippen LogP contribution is 2.42. The second kappa shape index (κ2) is 12.5. The second-order valence-corrected chi connectivity index (χ2v) is 12.1. The van der Waals surface area contributed by atoms with Crippen molar-refractivity contribution in [3.8, 4) is 22.9 Å². The van der Waals surface area contributed by atoms with Gasteiger partial charge in [-0.3, -0.25) is 9.55 Å². The van der Waals surface area contributed by atoms with E-state index < -0.39 is 13.9 Å². The van der Waals surface area contributed by atoms with Gasteiger partial charge in [0.2, 0.25) is 0 Å². The first-order valence-electron chi connectivity index (χ1n) is 13.1. The molecule has 10 heteroatoms. The Hall–Kier alpha value is -3.57. The molecule has 0 saturated carbocycles. The lowest BCUT2D eigenvalue weighted by Gasteiger charge is -2.18. The molecule has 1 heterocycles. The van der Waals surface area contributed by atoms with Crippen molar-refractivity contribution >= 4 is 19.2 Å². The Labute approximate surface area is 242 Å². The fraction of sp³-hybridized carbons (Fsp3) is 0.226. The van der Waals surface area contributed by atoms with Crippen LogP contribution >= 0.6 is 19.2 Å². The summed E-state index contributed by atoms with van der Waals surface area (Å²) in [5, 5.41) is 12.5. The van der Waals surface area contributed by atoms with Crippen LogP contribution in [0.2, 0.25) is 5.02 Å². The van der Waals surface area contributed by atoms with Crippen LogP contribution in [0, 0.1) is 17.1 Å². The maximum atomic E-state index is 14.6. The van der Waals surface area contributed by atoms with Crippen molar-refractivity contribution in [3.05, 3.63) is 117 Å². The molecule has 0 aliphatic heterocycles. The summed E-state index contributed by atoms with van der Waals surface area (Å²) in [6, 6.07) is 20.2. The Kier molecular flexibility index (Phi) is 8.84. The Morgan fingerprint density at radius 2 is 1.90 bits per heavy atom. The van der Waals surface area contributed by atoms with Crippen LogP contribution in [-0.2, 0) is 30.6 Å². The maximum absolute atomic E-state index is 14.6. The SMILES string of the molecule is N#Cc1cncc(COc2cc(C[C@H]3CCc4c(-c5ccccc5F)cccc43)c(Cl)cc2CNCP(=O)(O)O)c1. The molecule has 1 aliphatic carbocycles. The van der Waals surface area contributed by atoms with Gasteiger partial charge in [-0.2, -0.15) is 5.26 Å². The average molecular weight is 592 g/mol. The summed E-state index contributed by atoms with van der Waals surface area (Å²) in [5.74, 6) is 0.452. The normalized spacial score (nSPS) is 14.5. The summed E-state index contributed by atoms with van der Waals surface area (Å²) in [6.07, 6.45) is 4.97. The molecule has 3 N–H and O–H groups in total. The third-order valence-corrected chi connectivity index (χ3v) is 8.19. The zero-order chi connectivity index (χ0) is 29.0. The number of aromatic nitrogens is 1. The van der Waals surface area contributed by atoms with E-state index in [1.165, 1.54) is 17.8 Å². The largest absolute Gasteiger partial charge is 0.489 e. The molecule has 0 amide bonds. The van der Waals surface area contributed by atoms with Gasteiger partial charge in [-0.1, -0.05) is 48.0 Å². The van der Waals surface area contributed by atoms with Crippen molar-refractivity contribution in [1.82, 2.24) is 10.3 Å². The van der Waals surface area contributed by atoms with Crippen LogP contribution < -0.4 is 10.1 Å². The summed E-state index contributed by atoms with van der Waals surface area (Å²) in [5.41, 5.74) is 6.48. The standard InChI is InChI=1S/C31H28ClFN3O4P/c32-29-12-24(17-36-19-41(37,38)39)31(40-18-21-10-20(14-34)15-35-16-21)13-23(29)11-22-8-9-27-25(22)5-3-6-26(27)28-4-1-2-7-30(28)33/h1-7,10,12-13,15-16,22,36H,8-9,11,17-19H2,(H2,37,38,39)/t22-/m1/s1. The highest BCUT2D eigenvalue weighted by molar-refractivity contribution is 7.51. The molecule has 0 saturated heterocycles. The van der Waals surface area contributed by atoms with Gasteiger partial charge in [0.05, 0.1) is 11.8 Å². The summed E-state index contributed by atoms with van der Waals surface area (Å²) >= 11 is 6.75. The minimum atomic E-state index is -4.24. The number of nitrogens with zero attached hydrogens (tertiary/aromatic N) is 2. The smallest absolute Gasteiger partial charge is 0.339 e. The van der Waals surface area contributed by atoms with E-state index in [0.29, 0.717) is 39.4 Å². The van der Waals surface area contributed by atoms with E-state index in [0.717, 1.165) is 29.5 Å². The van der Waals surface area contributed by atoms with Crippen molar-refractivity contribution < 1.29 is 23.5 Å². The highest BCUT2D eigenvalue weighted by Gasteiger charge is 2.27. The van der Waals surface area contributed by atoms with Crippen molar-refractivity contribution in [2.24, 2.45) is 0 Å². The Morgan fingerprint density at radius 1 is 1.10 bits per heavy atom. The molecule has 1 atom stereocenters. The van der Waals surface area contributed by atoms with Gasteiger partial charge in [-0.15, -0.1) is 0 Å². The van der Waals surface area contributed by atoms with Gasteiger partial charge in [0.15, 0.2) is 0 Å². The molecule has 4 aromatic rings. The van der Waals surface area contributed by atoms with Crippen molar-refractivity contribution in [1.29, 1.82) is 5.26 Å². The van der Waals surface area contributed by atoms with E-state index in [9.17, 15) is 24.0 Å². The first kappa shape index (κ1) is 28.9. The first-order chi connectivity index (χ1) is 19.7. The lowest BCUT2D eigenvalue weighted by Crippen LogP contribution is -2.16. The van der Waals surface area contributed by atoms with Crippen LogP contribution in [0.3, 0.4) is 0 Å². The van der Waals surface area contributed by atoms with E-state index in [-0.39, 0.29) is 24.9 Å².